The molecule has 1 aromatic rings. The van der Waals surface area contributed by atoms with Gasteiger partial charge in [-0.25, -0.2) is 4.79 Å². The molecule has 0 atom stereocenters. The molecule has 4 nitrogen and oxygen atoms in total. The Hall–Kier alpha value is -1.84. The minimum absolute atomic E-state index is 0.167. The molecule has 1 aromatic carbocycles. The van der Waals surface area contributed by atoms with E-state index >= 15 is 0 Å². The fourth-order valence-corrected chi connectivity index (χ4v) is 2.52. The molecule has 0 radical (unpaired) electrons. The highest BCUT2D eigenvalue weighted by Gasteiger charge is 2.16. The van der Waals surface area contributed by atoms with Gasteiger partial charge in [-0.2, -0.15) is 0 Å². The van der Waals surface area contributed by atoms with Gasteiger partial charge in [0.15, 0.2) is 0 Å². The Labute approximate surface area is 118 Å². The summed E-state index contributed by atoms with van der Waals surface area (Å²) in [5.74, 6) is -0.555. The van der Waals surface area contributed by atoms with Gasteiger partial charge in [0, 0.05) is 6.42 Å². The highest BCUT2D eigenvalue weighted by Crippen LogP contribution is 2.24. The van der Waals surface area contributed by atoms with Gasteiger partial charge in [-0.15, -0.1) is 0 Å². The fraction of sp³-hybridized carbons (Fsp3) is 0.500. The van der Waals surface area contributed by atoms with Crippen LogP contribution in [0.5, 0.6) is 0 Å². The van der Waals surface area contributed by atoms with Gasteiger partial charge < -0.3 is 9.84 Å². The van der Waals surface area contributed by atoms with Crippen LogP contribution in [0.3, 0.4) is 0 Å². The molecule has 0 aromatic heterocycles. The van der Waals surface area contributed by atoms with Crippen molar-refractivity contribution >= 4 is 11.9 Å². The summed E-state index contributed by atoms with van der Waals surface area (Å²) in [5, 5.41) is 8.79. The Kier molecular flexibility index (Phi) is 5.16. The van der Waals surface area contributed by atoms with Crippen LogP contribution in [0.2, 0.25) is 0 Å². The van der Waals surface area contributed by atoms with E-state index in [4.69, 9.17) is 9.84 Å². The molecule has 0 heterocycles. The number of benzene rings is 1. The standard InChI is InChI=1S/C16H20O4/c17-15(20-11-13-3-1-2-4-13)10-7-12-5-8-14(9-6-12)16(18)19/h5-6,8-9,13H,1-4,7,10-11H2,(H,18,19). The third-order valence-electron chi connectivity index (χ3n) is 3.77. The molecule has 0 saturated heterocycles. The van der Waals surface area contributed by atoms with E-state index in [1.807, 2.05) is 0 Å². The van der Waals surface area contributed by atoms with Gasteiger partial charge in [0.25, 0.3) is 0 Å². The second-order valence-corrected chi connectivity index (χ2v) is 5.34. The van der Waals surface area contributed by atoms with Gasteiger partial charge >= 0.3 is 11.9 Å². The van der Waals surface area contributed by atoms with Crippen molar-refractivity contribution in [3.63, 3.8) is 0 Å². The molecule has 0 aliphatic heterocycles. The zero-order chi connectivity index (χ0) is 14.4. The lowest BCUT2D eigenvalue weighted by atomic mass is 10.1. The Morgan fingerprint density at radius 3 is 2.40 bits per heavy atom. The molecule has 0 amide bonds. The summed E-state index contributed by atoms with van der Waals surface area (Å²) in [4.78, 5) is 22.3. The summed E-state index contributed by atoms with van der Waals surface area (Å²) in [6, 6.07) is 6.60. The Bertz CT molecular complexity index is 458. The molecule has 1 N–H and O–H groups in total. The van der Waals surface area contributed by atoms with Crippen molar-refractivity contribution in [2.24, 2.45) is 5.92 Å². The lowest BCUT2D eigenvalue weighted by Gasteiger charge is -2.10. The van der Waals surface area contributed by atoms with Crippen LogP contribution in [0.25, 0.3) is 0 Å². The number of carboxylic acids is 1. The van der Waals surface area contributed by atoms with Crippen LogP contribution < -0.4 is 0 Å². The number of ether oxygens (including phenoxy) is 1. The molecule has 108 valence electrons. The van der Waals surface area contributed by atoms with E-state index in [1.54, 1.807) is 24.3 Å². The van der Waals surface area contributed by atoms with Crippen molar-refractivity contribution in [2.45, 2.75) is 38.5 Å². The van der Waals surface area contributed by atoms with Crippen LogP contribution in [0, 0.1) is 5.92 Å². The Morgan fingerprint density at radius 1 is 1.15 bits per heavy atom. The molecule has 0 bridgehead atoms. The molecule has 20 heavy (non-hydrogen) atoms. The van der Waals surface area contributed by atoms with E-state index in [2.05, 4.69) is 0 Å². The van der Waals surface area contributed by atoms with Crippen LogP contribution >= 0.6 is 0 Å². The van der Waals surface area contributed by atoms with Crippen molar-refractivity contribution in [1.29, 1.82) is 0 Å². The number of carbonyl (C=O) groups is 2. The number of rotatable bonds is 6. The Morgan fingerprint density at radius 2 is 1.80 bits per heavy atom. The molecular weight excluding hydrogens is 256 g/mol. The van der Waals surface area contributed by atoms with Crippen LogP contribution in [-0.2, 0) is 16.0 Å². The predicted molar refractivity (Wildman–Crippen MR) is 74.6 cm³/mol. The highest BCUT2D eigenvalue weighted by atomic mass is 16.5. The number of hydrogen-bond acceptors (Lipinski definition) is 3. The van der Waals surface area contributed by atoms with E-state index in [1.165, 1.54) is 25.7 Å². The van der Waals surface area contributed by atoms with Gasteiger partial charge in [-0.05, 0) is 42.9 Å². The number of carboxylic acid groups (broad SMARTS) is 1. The molecule has 1 aliphatic carbocycles. The van der Waals surface area contributed by atoms with Crippen molar-refractivity contribution in [3.8, 4) is 0 Å². The number of hydrogen-bond donors (Lipinski definition) is 1. The normalized spacial score (nSPS) is 15.2. The second kappa shape index (κ2) is 7.08. The maximum Gasteiger partial charge on any atom is 0.335 e. The van der Waals surface area contributed by atoms with Gasteiger partial charge in [-0.1, -0.05) is 25.0 Å². The van der Waals surface area contributed by atoms with E-state index in [0.29, 0.717) is 25.4 Å². The first-order valence-electron chi connectivity index (χ1n) is 7.13. The van der Waals surface area contributed by atoms with E-state index in [9.17, 15) is 9.59 Å². The molecule has 1 aliphatic rings. The van der Waals surface area contributed by atoms with E-state index in [0.717, 1.165) is 5.56 Å². The first kappa shape index (κ1) is 14.6. The van der Waals surface area contributed by atoms with Gasteiger partial charge in [-0.3, -0.25) is 4.79 Å². The molecule has 4 heteroatoms. The van der Waals surface area contributed by atoms with Crippen molar-refractivity contribution in [3.05, 3.63) is 35.4 Å². The highest BCUT2D eigenvalue weighted by molar-refractivity contribution is 5.87. The molecule has 1 fully saturated rings. The average molecular weight is 276 g/mol. The van der Waals surface area contributed by atoms with Gasteiger partial charge in [0.1, 0.15) is 0 Å². The summed E-state index contributed by atoms with van der Waals surface area (Å²) in [5.41, 5.74) is 1.21. The number of esters is 1. The zero-order valence-electron chi connectivity index (χ0n) is 11.5. The fourth-order valence-electron chi connectivity index (χ4n) is 2.52. The van der Waals surface area contributed by atoms with Crippen molar-refractivity contribution in [1.82, 2.24) is 0 Å². The zero-order valence-corrected chi connectivity index (χ0v) is 11.5. The molecular formula is C16H20O4. The maximum atomic E-state index is 11.6. The summed E-state index contributed by atoms with van der Waals surface area (Å²) in [7, 11) is 0. The minimum Gasteiger partial charge on any atom is -0.478 e. The van der Waals surface area contributed by atoms with E-state index in [-0.39, 0.29) is 11.5 Å². The number of carbonyl (C=O) groups excluding carboxylic acids is 1. The number of aryl methyl sites for hydroxylation is 1. The largest absolute Gasteiger partial charge is 0.478 e. The topological polar surface area (TPSA) is 63.6 Å². The Balaban J connectivity index is 1.70. The van der Waals surface area contributed by atoms with Crippen LogP contribution in [0.15, 0.2) is 24.3 Å². The average Bonchev–Trinajstić information content (AvgIpc) is 2.96. The summed E-state index contributed by atoms with van der Waals surface area (Å²) in [6.45, 7) is 0.552. The number of aromatic carboxylic acids is 1. The molecule has 1 saturated carbocycles. The van der Waals surface area contributed by atoms with Crippen LogP contribution in [0.4, 0.5) is 0 Å². The van der Waals surface area contributed by atoms with Gasteiger partial charge in [0.05, 0.1) is 12.2 Å². The van der Waals surface area contributed by atoms with Crippen LogP contribution in [-0.4, -0.2) is 23.7 Å². The molecule has 2 rings (SSSR count). The summed E-state index contributed by atoms with van der Waals surface area (Å²) in [6.07, 6.45) is 5.77. The summed E-state index contributed by atoms with van der Waals surface area (Å²) >= 11 is 0. The third kappa shape index (κ3) is 4.37. The smallest absolute Gasteiger partial charge is 0.335 e. The van der Waals surface area contributed by atoms with Gasteiger partial charge in [0.2, 0.25) is 0 Å². The molecule has 0 unspecified atom stereocenters. The predicted octanol–water partition coefficient (Wildman–Crippen LogP) is 3.05. The minimum atomic E-state index is -0.937. The first-order valence-corrected chi connectivity index (χ1v) is 7.13. The first-order chi connectivity index (χ1) is 9.65. The lowest BCUT2D eigenvalue weighted by molar-refractivity contribution is -0.144. The van der Waals surface area contributed by atoms with Crippen molar-refractivity contribution < 1.29 is 19.4 Å². The quantitative estimate of drug-likeness (QED) is 0.811. The maximum absolute atomic E-state index is 11.6. The lowest BCUT2D eigenvalue weighted by Crippen LogP contribution is -2.12. The second-order valence-electron chi connectivity index (χ2n) is 5.34. The summed E-state index contributed by atoms with van der Waals surface area (Å²) < 4.78 is 5.28. The SMILES string of the molecule is O=C(CCc1ccc(C(=O)O)cc1)OCC1CCCC1. The molecule has 0 spiro atoms. The monoisotopic (exact) mass is 276 g/mol. The third-order valence-corrected chi connectivity index (χ3v) is 3.77. The van der Waals surface area contributed by atoms with E-state index < -0.39 is 5.97 Å². The van der Waals surface area contributed by atoms with Crippen molar-refractivity contribution in [2.75, 3.05) is 6.61 Å². The van der Waals surface area contributed by atoms with Crippen LogP contribution in [0.1, 0.15) is 48.0 Å².